The van der Waals surface area contributed by atoms with E-state index in [9.17, 15) is 20.4 Å². The van der Waals surface area contributed by atoms with E-state index in [4.69, 9.17) is 52.8 Å². The average molecular weight is 779 g/mol. The maximum atomic E-state index is 9.41. The highest BCUT2D eigenvalue weighted by Gasteiger charge is 2.33. The fraction of sp³-hybridized carbons (Fsp3) is 1.00. The second kappa shape index (κ2) is 41.0. The van der Waals surface area contributed by atoms with Crippen molar-refractivity contribution in [3.8, 4) is 0 Å². The minimum absolute atomic E-state index is 0. The summed E-state index contributed by atoms with van der Waals surface area (Å²) in [6, 6.07) is 0. The normalized spacial score (nSPS) is 16.1. The van der Waals surface area contributed by atoms with Crippen LogP contribution >= 0.6 is 0 Å². The van der Waals surface area contributed by atoms with Crippen molar-refractivity contribution in [2.45, 2.75) is 124 Å². The van der Waals surface area contributed by atoms with Crippen LogP contribution in [0.1, 0.15) is 87.5 Å². The molecule has 0 aliphatic rings. The molecule has 0 aromatic carbocycles. The Labute approximate surface area is 321 Å². The lowest BCUT2D eigenvalue weighted by molar-refractivity contribution is -0.119. The molecule has 15 nitrogen and oxygen atoms in total. The van der Waals surface area contributed by atoms with Gasteiger partial charge in [0.1, 0.15) is 12.2 Å². The van der Waals surface area contributed by atoms with Crippen LogP contribution in [0.5, 0.6) is 0 Å². The molecule has 0 aromatic rings. The van der Waals surface area contributed by atoms with Crippen molar-refractivity contribution in [3.63, 3.8) is 0 Å². The van der Waals surface area contributed by atoms with Crippen LogP contribution in [-0.2, 0) is 42.6 Å². The van der Waals surface area contributed by atoms with Gasteiger partial charge in [-0.25, -0.2) is 0 Å². The first-order chi connectivity index (χ1) is 24.9. The van der Waals surface area contributed by atoms with E-state index in [-0.39, 0.29) is 72.5 Å². The van der Waals surface area contributed by atoms with Gasteiger partial charge in [-0.3, -0.25) is 0 Å². The molecule has 0 aliphatic heterocycles. The molecule has 324 valence electrons. The Balaban J connectivity index is -0.000000929. The molecule has 0 aliphatic carbocycles. The lowest BCUT2D eigenvalue weighted by Crippen LogP contribution is -2.43. The van der Waals surface area contributed by atoms with Crippen LogP contribution in [0.15, 0.2) is 0 Å². The molecule has 0 fully saturated rings. The molecule has 0 rings (SSSR count). The standard InChI is InChI=1S/C19H40O8.C18H38O7.CH4/c1-4-5-8-23-12-18(26-9-6-7-20)13-25-15-19(27-11-17(3)22)14-24-10-16(2)21;1-4-5-8-22-12-18(13-23-9-6-7-19,14-24-10-16(2)20)15-25-11-17(3)21;/h16-22H,4-15H2,1-3H3;16-17,19-21H,4-15H2,1-3H3;1H4. The van der Waals surface area contributed by atoms with Crippen molar-refractivity contribution in [2.24, 2.45) is 5.41 Å². The highest BCUT2D eigenvalue weighted by Crippen LogP contribution is 2.21. The van der Waals surface area contributed by atoms with Crippen LogP contribution in [0.4, 0.5) is 0 Å². The summed E-state index contributed by atoms with van der Waals surface area (Å²) in [6.07, 6.45) is 2.44. The van der Waals surface area contributed by atoms with E-state index in [1.54, 1.807) is 27.7 Å². The SMILES string of the molecule is C.CCCCOCC(COCC(COCC(C)O)OCC(C)O)OCCCO.CCCCOCC(COCCCO)(COCC(C)O)COCC(C)O. The predicted molar refractivity (Wildman–Crippen MR) is 204 cm³/mol. The molecule has 0 saturated carbocycles. The molecule has 0 saturated heterocycles. The Bertz CT molecular complexity index is 673. The molecule has 6 unspecified atom stereocenters. The predicted octanol–water partition coefficient (Wildman–Crippen LogP) is 2.37. The second-order valence-electron chi connectivity index (χ2n) is 13.5. The fourth-order valence-corrected chi connectivity index (χ4v) is 4.17. The topological polar surface area (TPSA) is 204 Å². The van der Waals surface area contributed by atoms with Crippen LogP contribution in [0.25, 0.3) is 0 Å². The molecule has 0 aromatic heterocycles. The zero-order valence-corrected chi connectivity index (χ0v) is 33.3. The summed E-state index contributed by atoms with van der Waals surface area (Å²) in [5, 5.41) is 55.3. The Morgan fingerprint density at radius 1 is 0.415 bits per heavy atom. The highest BCUT2D eigenvalue weighted by atomic mass is 16.6. The van der Waals surface area contributed by atoms with Crippen LogP contribution in [-0.4, -0.2) is 186 Å². The number of aliphatic hydroxyl groups is 6. The summed E-state index contributed by atoms with van der Waals surface area (Å²) in [7, 11) is 0. The van der Waals surface area contributed by atoms with Gasteiger partial charge in [0.25, 0.3) is 0 Å². The van der Waals surface area contributed by atoms with Crippen molar-refractivity contribution in [1.82, 2.24) is 0 Å². The first kappa shape index (κ1) is 56.7. The summed E-state index contributed by atoms with van der Waals surface area (Å²) in [5.41, 5.74) is -0.521. The molecule has 53 heavy (non-hydrogen) atoms. The molecule has 0 amide bonds. The van der Waals surface area contributed by atoms with Gasteiger partial charge in [0, 0.05) is 39.6 Å². The summed E-state index contributed by atoms with van der Waals surface area (Å²) < 4.78 is 50.8. The van der Waals surface area contributed by atoms with Gasteiger partial charge in [-0.15, -0.1) is 0 Å². The second-order valence-corrected chi connectivity index (χ2v) is 13.5. The first-order valence-electron chi connectivity index (χ1n) is 19.2. The Morgan fingerprint density at radius 3 is 1.23 bits per heavy atom. The fourth-order valence-electron chi connectivity index (χ4n) is 4.17. The van der Waals surface area contributed by atoms with Gasteiger partial charge in [-0.1, -0.05) is 34.1 Å². The van der Waals surface area contributed by atoms with E-state index in [2.05, 4.69) is 13.8 Å². The van der Waals surface area contributed by atoms with E-state index >= 15 is 0 Å². The zero-order chi connectivity index (χ0) is 39.3. The molecule has 0 radical (unpaired) electrons. The first-order valence-corrected chi connectivity index (χ1v) is 19.2. The Morgan fingerprint density at radius 2 is 0.774 bits per heavy atom. The monoisotopic (exact) mass is 779 g/mol. The minimum atomic E-state index is -0.578. The van der Waals surface area contributed by atoms with Gasteiger partial charge >= 0.3 is 0 Å². The van der Waals surface area contributed by atoms with Gasteiger partial charge in [-0.05, 0) is 53.4 Å². The maximum absolute atomic E-state index is 9.41. The van der Waals surface area contributed by atoms with E-state index < -0.39 is 29.8 Å². The lowest BCUT2D eigenvalue weighted by atomic mass is 9.92. The van der Waals surface area contributed by atoms with Crippen molar-refractivity contribution in [2.75, 3.05) is 119 Å². The largest absolute Gasteiger partial charge is 0.396 e. The van der Waals surface area contributed by atoms with E-state index in [0.717, 1.165) is 25.7 Å². The smallest absolute Gasteiger partial charge is 0.104 e. The maximum Gasteiger partial charge on any atom is 0.104 e. The number of hydrogen-bond donors (Lipinski definition) is 6. The molecule has 6 N–H and O–H groups in total. The van der Waals surface area contributed by atoms with Gasteiger partial charge in [0.2, 0.25) is 0 Å². The van der Waals surface area contributed by atoms with Gasteiger partial charge in [-0.2, -0.15) is 0 Å². The van der Waals surface area contributed by atoms with Crippen molar-refractivity contribution in [1.29, 1.82) is 0 Å². The van der Waals surface area contributed by atoms with E-state index in [1.807, 2.05) is 0 Å². The molecule has 15 heteroatoms. The number of unbranched alkanes of at least 4 members (excludes halogenated alkanes) is 2. The third-order valence-electron chi connectivity index (χ3n) is 6.89. The number of ether oxygens (including phenoxy) is 9. The van der Waals surface area contributed by atoms with Gasteiger partial charge < -0.3 is 73.3 Å². The summed E-state index contributed by atoms with van der Waals surface area (Å²) in [6.45, 7) is 16.8. The number of hydrogen-bond acceptors (Lipinski definition) is 15. The van der Waals surface area contributed by atoms with Crippen molar-refractivity contribution < 1.29 is 73.3 Å². The number of rotatable bonds is 38. The molecule has 0 bridgehead atoms. The highest BCUT2D eigenvalue weighted by molar-refractivity contribution is 4.80. The Kier molecular flexibility index (Phi) is 43.9. The zero-order valence-electron chi connectivity index (χ0n) is 33.3. The minimum Gasteiger partial charge on any atom is -0.396 e. The van der Waals surface area contributed by atoms with Gasteiger partial charge in [0.15, 0.2) is 0 Å². The molecular weight excluding hydrogens is 696 g/mol. The quantitative estimate of drug-likeness (QED) is 0.0498. The number of aliphatic hydroxyl groups excluding tert-OH is 6. The van der Waals surface area contributed by atoms with Crippen LogP contribution in [0, 0.1) is 5.41 Å². The van der Waals surface area contributed by atoms with Crippen LogP contribution < -0.4 is 0 Å². The van der Waals surface area contributed by atoms with Crippen LogP contribution in [0.3, 0.4) is 0 Å². The average Bonchev–Trinajstić information content (AvgIpc) is 3.08. The van der Waals surface area contributed by atoms with Crippen molar-refractivity contribution in [3.05, 3.63) is 0 Å². The van der Waals surface area contributed by atoms with Crippen LogP contribution in [0.2, 0.25) is 0 Å². The molecule has 6 atom stereocenters. The van der Waals surface area contributed by atoms with E-state index in [0.29, 0.717) is 78.9 Å². The third-order valence-corrected chi connectivity index (χ3v) is 6.89. The summed E-state index contributed by atoms with van der Waals surface area (Å²) >= 11 is 0. The van der Waals surface area contributed by atoms with E-state index in [1.165, 1.54) is 0 Å². The molecule has 0 spiro atoms. The Hall–Kier alpha value is -0.600. The molecule has 0 heterocycles. The van der Waals surface area contributed by atoms with Crippen molar-refractivity contribution >= 4 is 0 Å². The summed E-state index contributed by atoms with van der Waals surface area (Å²) in [4.78, 5) is 0. The summed E-state index contributed by atoms with van der Waals surface area (Å²) in [5.74, 6) is 0. The third kappa shape index (κ3) is 40.9. The molecular formula is C38H82O15. The lowest BCUT2D eigenvalue weighted by Gasteiger charge is -2.33. The van der Waals surface area contributed by atoms with Gasteiger partial charge in [0.05, 0.1) is 109 Å².